The van der Waals surface area contributed by atoms with Gasteiger partial charge in [0.25, 0.3) is 11.8 Å². The summed E-state index contributed by atoms with van der Waals surface area (Å²) in [7, 11) is 8.45. The Labute approximate surface area is 463 Å². The first-order valence-electron chi connectivity index (χ1n) is 27.2. The number of nitrogens with one attached hydrogen (secondary N) is 1. The number of carboxylic acids is 4. The van der Waals surface area contributed by atoms with Crippen molar-refractivity contribution >= 4 is 41.6 Å². The SMILES string of the molecule is C=C1CC(CC)CC(C)C1(NC(=O)c1cc(-c2c(OC)cccc2OC)n(-c2ccc(C(=O)N(C)CCCN(C)CCCN(C)C(=O)CCC(C(=O)O)N3CCN(CC(=O)O)CCN(CC(=O)O)CC3)cc2C(C)C)n1)C(=O)O. The van der Waals surface area contributed by atoms with Crippen LogP contribution in [-0.4, -0.2) is 227 Å². The highest BCUT2D eigenvalue weighted by Crippen LogP contribution is 2.43. The van der Waals surface area contributed by atoms with Crippen LogP contribution in [0.1, 0.15) is 105 Å². The van der Waals surface area contributed by atoms with E-state index < -0.39 is 47.3 Å². The Bertz CT molecular complexity index is 2610. The molecule has 1 aliphatic heterocycles. The Morgan fingerprint density at radius 3 is 1.89 bits per heavy atom. The fraction of sp³-hybridized carbons (Fsp3) is 0.579. The molecule has 4 atom stereocenters. The third-order valence-corrected chi connectivity index (χ3v) is 15.5. The lowest BCUT2D eigenvalue weighted by Gasteiger charge is -2.44. The molecule has 2 fully saturated rings. The van der Waals surface area contributed by atoms with E-state index in [0.717, 1.165) is 12.0 Å². The summed E-state index contributed by atoms with van der Waals surface area (Å²) < 4.78 is 13.2. The Morgan fingerprint density at radius 1 is 0.810 bits per heavy atom. The smallest absolute Gasteiger partial charge is 0.334 e. The molecule has 5 N–H and O–H groups in total. The van der Waals surface area contributed by atoms with E-state index in [-0.39, 0.29) is 81.5 Å². The molecular formula is C57H83N9O13. The van der Waals surface area contributed by atoms with Crippen LogP contribution in [0.15, 0.2) is 54.6 Å². The molecule has 22 nitrogen and oxygen atoms in total. The third-order valence-electron chi connectivity index (χ3n) is 15.5. The molecule has 3 amide bonds. The Balaban J connectivity index is 1.22. The van der Waals surface area contributed by atoms with Crippen molar-refractivity contribution in [1.82, 2.24) is 44.5 Å². The van der Waals surface area contributed by atoms with E-state index in [1.165, 1.54) is 14.2 Å². The first-order valence-corrected chi connectivity index (χ1v) is 27.2. The zero-order chi connectivity index (χ0) is 58.3. The lowest BCUT2D eigenvalue weighted by atomic mass is 9.66. The van der Waals surface area contributed by atoms with Crippen molar-refractivity contribution in [1.29, 1.82) is 0 Å². The first kappa shape index (κ1) is 63.0. The van der Waals surface area contributed by atoms with Gasteiger partial charge in [-0.2, -0.15) is 5.10 Å². The van der Waals surface area contributed by atoms with Gasteiger partial charge >= 0.3 is 23.9 Å². The summed E-state index contributed by atoms with van der Waals surface area (Å²) in [6.45, 7) is 15.4. The molecule has 22 heteroatoms. The van der Waals surface area contributed by atoms with Gasteiger partial charge in [0, 0.05) is 78.4 Å². The third kappa shape index (κ3) is 16.1. The minimum Gasteiger partial charge on any atom is -0.496 e. The average Bonchev–Trinajstić information content (AvgIpc) is 4.02. The molecular weight excluding hydrogens is 1020 g/mol. The van der Waals surface area contributed by atoms with Gasteiger partial charge in [-0.1, -0.05) is 46.8 Å². The number of aromatic nitrogens is 2. The summed E-state index contributed by atoms with van der Waals surface area (Å²) in [6.07, 6.45) is 3.26. The predicted molar refractivity (Wildman–Crippen MR) is 297 cm³/mol. The van der Waals surface area contributed by atoms with Gasteiger partial charge in [-0.05, 0) is 118 Å². The van der Waals surface area contributed by atoms with Crippen molar-refractivity contribution in [2.75, 3.05) is 114 Å². The fourth-order valence-corrected chi connectivity index (χ4v) is 10.9. The van der Waals surface area contributed by atoms with E-state index in [4.69, 9.17) is 14.6 Å². The van der Waals surface area contributed by atoms with E-state index in [1.807, 2.05) is 33.9 Å². The molecule has 1 saturated carbocycles. The first-order chi connectivity index (χ1) is 37.4. The predicted octanol–water partition coefficient (Wildman–Crippen LogP) is 4.81. The van der Waals surface area contributed by atoms with Gasteiger partial charge in [-0.15, -0.1) is 0 Å². The standard InChI is InChI=1S/C57H83N9O13/c1-11-40-31-38(4)57(56(76)77,39(5)32-40)58-53(72)43-34-46(52-47(78-9)15-12-16-48(52)79-10)66(59-43)44-18-17-41(33-42(44)37(2)3)54(73)62(8)24-14-22-60(6)21-13-23-61(7)49(67)20-19-45(55(74)75)65-29-27-63(35-50(68)69)25-26-64(28-30-65)36-51(70)71/h12,15-18,33-34,37,39-40,45H,4,11,13-14,19-32,35-36H2,1-3,5-10H3,(H,58,72)(H,68,69)(H,70,71)(H,74,75)(H,76,77). The highest BCUT2D eigenvalue weighted by atomic mass is 16.5. The van der Waals surface area contributed by atoms with E-state index in [2.05, 4.69) is 23.7 Å². The number of carbonyl (C=O) groups is 7. The van der Waals surface area contributed by atoms with Crippen LogP contribution in [0.4, 0.5) is 0 Å². The molecule has 1 saturated heterocycles. The Morgan fingerprint density at radius 2 is 1.38 bits per heavy atom. The van der Waals surface area contributed by atoms with Gasteiger partial charge in [0.1, 0.15) is 17.5 Å². The number of ether oxygens (including phenoxy) is 2. The molecule has 0 spiro atoms. The second-order valence-corrected chi connectivity index (χ2v) is 21.4. The second kappa shape index (κ2) is 28.8. The summed E-state index contributed by atoms with van der Waals surface area (Å²) in [4.78, 5) is 101. The van der Waals surface area contributed by atoms with Crippen molar-refractivity contribution in [2.24, 2.45) is 11.8 Å². The number of amides is 3. The molecule has 5 rings (SSSR count). The Kier molecular flexibility index (Phi) is 23.0. The number of aliphatic carboxylic acids is 4. The second-order valence-electron chi connectivity index (χ2n) is 21.4. The van der Waals surface area contributed by atoms with Crippen LogP contribution in [0.3, 0.4) is 0 Å². The van der Waals surface area contributed by atoms with Gasteiger partial charge in [-0.3, -0.25) is 43.5 Å². The van der Waals surface area contributed by atoms with Crippen LogP contribution in [0, 0.1) is 11.8 Å². The number of hydrogen-bond donors (Lipinski definition) is 5. The van der Waals surface area contributed by atoms with Crippen molar-refractivity contribution < 1.29 is 63.5 Å². The van der Waals surface area contributed by atoms with Crippen molar-refractivity contribution in [2.45, 2.75) is 90.1 Å². The minimum absolute atomic E-state index is 0.0197. The normalized spacial score (nSPS) is 19.0. The monoisotopic (exact) mass is 1100 g/mol. The van der Waals surface area contributed by atoms with Crippen molar-refractivity contribution in [3.05, 3.63) is 71.4 Å². The van der Waals surface area contributed by atoms with Crippen molar-refractivity contribution in [3.63, 3.8) is 0 Å². The molecule has 2 aliphatic rings. The number of nitrogens with zero attached hydrogens (tertiary/aromatic N) is 8. The number of rotatable bonds is 27. The average molecular weight is 1100 g/mol. The summed E-state index contributed by atoms with van der Waals surface area (Å²) in [5.74, 6) is -4.87. The van der Waals surface area contributed by atoms with Crippen molar-refractivity contribution in [3.8, 4) is 28.4 Å². The van der Waals surface area contributed by atoms with Gasteiger partial charge in [0.15, 0.2) is 11.2 Å². The number of hydrogen-bond acceptors (Lipinski definition) is 14. The highest BCUT2D eigenvalue weighted by molar-refractivity contribution is 5.99. The van der Waals surface area contributed by atoms with Gasteiger partial charge in [0.2, 0.25) is 5.91 Å². The van der Waals surface area contributed by atoms with E-state index in [9.17, 15) is 54.0 Å². The molecule has 2 heterocycles. The number of carboxylic acid groups (broad SMARTS) is 4. The summed E-state index contributed by atoms with van der Waals surface area (Å²) in [5.41, 5.74) is 1.44. The maximum atomic E-state index is 14.4. The van der Waals surface area contributed by atoms with E-state index >= 15 is 0 Å². The zero-order valence-corrected chi connectivity index (χ0v) is 47.5. The summed E-state index contributed by atoms with van der Waals surface area (Å²) in [6, 6.07) is 11.2. The van der Waals surface area contributed by atoms with Crippen LogP contribution < -0.4 is 14.8 Å². The molecule has 79 heavy (non-hydrogen) atoms. The molecule has 0 radical (unpaired) electrons. The summed E-state index contributed by atoms with van der Waals surface area (Å²) in [5, 5.41) is 47.4. The van der Waals surface area contributed by atoms with Crippen LogP contribution in [0.2, 0.25) is 0 Å². The summed E-state index contributed by atoms with van der Waals surface area (Å²) >= 11 is 0. The lowest BCUT2D eigenvalue weighted by molar-refractivity contribution is -0.146. The largest absolute Gasteiger partial charge is 0.496 e. The molecule has 434 valence electrons. The van der Waals surface area contributed by atoms with Gasteiger partial charge < -0.3 is 49.9 Å². The molecule has 2 aromatic carbocycles. The minimum atomic E-state index is -1.70. The van der Waals surface area contributed by atoms with Gasteiger partial charge in [-0.25, -0.2) is 9.48 Å². The zero-order valence-electron chi connectivity index (χ0n) is 47.5. The molecule has 4 unspecified atom stereocenters. The highest BCUT2D eigenvalue weighted by Gasteiger charge is 2.51. The number of carbonyl (C=O) groups excluding carboxylic acids is 3. The molecule has 3 aromatic rings. The van der Waals surface area contributed by atoms with E-state index in [1.54, 1.807) is 79.7 Å². The molecule has 0 bridgehead atoms. The van der Waals surface area contributed by atoms with Gasteiger partial charge in [0.05, 0.1) is 44.3 Å². The number of benzene rings is 2. The van der Waals surface area contributed by atoms with Crippen LogP contribution in [-0.2, 0) is 24.0 Å². The van der Waals surface area contributed by atoms with Crippen LogP contribution >= 0.6 is 0 Å². The van der Waals surface area contributed by atoms with E-state index in [0.29, 0.717) is 105 Å². The number of methoxy groups -OCH3 is 2. The lowest BCUT2D eigenvalue weighted by Crippen LogP contribution is -2.62. The molecule has 1 aromatic heterocycles. The Hall–Kier alpha value is -6.88. The van der Waals surface area contributed by atoms with Crippen LogP contribution in [0.25, 0.3) is 16.9 Å². The quantitative estimate of drug-likeness (QED) is 0.0641. The fourth-order valence-electron chi connectivity index (χ4n) is 10.9. The van der Waals surface area contributed by atoms with Crippen LogP contribution in [0.5, 0.6) is 11.5 Å². The maximum Gasteiger partial charge on any atom is 0.334 e. The topological polar surface area (TPSA) is 268 Å². The maximum absolute atomic E-state index is 14.4. The molecule has 1 aliphatic carbocycles.